The van der Waals surface area contributed by atoms with Gasteiger partial charge < -0.3 is 18.9 Å². The number of hydrogen-bond donors (Lipinski definition) is 0. The quantitative estimate of drug-likeness (QED) is 0.857. The Morgan fingerprint density at radius 3 is 1.62 bits per heavy atom. The van der Waals surface area contributed by atoms with Crippen molar-refractivity contribution in [3.8, 4) is 11.5 Å². The lowest BCUT2D eigenvalue weighted by molar-refractivity contribution is 0.0192. The largest absolute Gasteiger partial charge is 0.497 e. The summed E-state index contributed by atoms with van der Waals surface area (Å²) in [6.45, 7) is 1.43. The van der Waals surface area contributed by atoms with Crippen molar-refractivity contribution < 1.29 is 18.9 Å². The molecule has 0 aromatic heterocycles. The molecule has 2 aromatic carbocycles. The Bertz CT molecular complexity index is 653. The highest BCUT2D eigenvalue weighted by Crippen LogP contribution is 2.50. The van der Waals surface area contributed by atoms with Gasteiger partial charge in [-0.15, -0.1) is 0 Å². The molecule has 126 valence electrons. The molecule has 4 heteroatoms. The fourth-order valence-electron chi connectivity index (χ4n) is 3.87. The minimum absolute atomic E-state index is 0.0701. The third-order valence-electron chi connectivity index (χ3n) is 5.11. The summed E-state index contributed by atoms with van der Waals surface area (Å²) in [4.78, 5) is 0. The van der Waals surface area contributed by atoms with Gasteiger partial charge in [-0.2, -0.15) is 0 Å². The van der Waals surface area contributed by atoms with Crippen molar-refractivity contribution >= 4 is 0 Å². The molecule has 0 bridgehead atoms. The predicted octanol–water partition coefficient (Wildman–Crippen LogP) is 3.78. The topological polar surface area (TPSA) is 36.9 Å². The summed E-state index contributed by atoms with van der Waals surface area (Å²) < 4.78 is 23.0. The van der Waals surface area contributed by atoms with Gasteiger partial charge in [-0.25, -0.2) is 0 Å². The molecule has 4 nitrogen and oxygen atoms in total. The standard InChI is InChI=1S/C20H22O4/c1-21-15-7-3-5-13(9-15)19-17-11-24-20(18(17)12-23-19)14-6-4-8-16(10-14)22-2/h3-10,17-20H,11-12H2,1-2H3. The Morgan fingerprint density at radius 1 is 0.750 bits per heavy atom. The first-order valence-corrected chi connectivity index (χ1v) is 8.31. The van der Waals surface area contributed by atoms with E-state index in [2.05, 4.69) is 24.3 Å². The smallest absolute Gasteiger partial charge is 0.119 e. The lowest BCUT2D eigenvalue weighted by atomic mass is 9.85. The van der Waals surface area contributed by atoms with Crippen molar-refractivity contribution in [2.75, 3.05) is 27.4 Å². The van der Waals surface area contributed by atoms with Crippen LogP contribution in [-0.2, 0) is 9.47 Å². The fourth-order valence-corrected chi connectivity index (χ4v) is 3.87. The molecule has 2 saturated heterocycles. The summed E-state index contributed by atoms with van der Waals surface area (Å²) >= 11 is 0. The van der Waals surface area contributed by atoms with Gasteiger partial charge in [0.25, 0.3) is 0 Å². The zero-order valence-corrected chi connectivity index (χ0v) is 14.0. The molecule has 4 rings (SSSR count). The monoisotopic (exact) mass is 326 g/mol. The molecule has 2 fully saturated rings. The van der Waals surface area contributed by atoms with Gasteiger partial charge in [-0.1, -0.05) is 24.3 Å². The molecule has 2 aliphatic rings. The van der Waals surface area contributed by atoms with Gasteiger partial charge in [0.15, 0.2) is 0 Å². The minimum atomic E-state index is 0.0701. The molecule has 0 N–H and O–H groups in total. The summed E-state index contributed by atoms with van der Waals surface area (Å²) in [6.07, 6.45) is 0.140. The van der Waals surface area contributed by atoms with Gasteiger partial charge in [0, 0.05) is 11.8 Å². The maximum absolute atomic E-state index is 6.15. The molecule has 2 aliphatic heterocycles. The molecule has 2 aromatic rings. The molecular weight excluding hydrogens is 304 g/mol. The first-order valence-electron chi connectivity index (χ1n) is 8.31. The average Bonchev–Trinajstić information content (AvgIpc) is 3.23. The van der Waals surface area contributed by atoms with E-state index in [-0.39, 0.29) is 12.2 Å². The van der Waals surface area contributed by atoms with Gasteiger partial charge in [0.05, 0.1) is 39.6 Å². The third kappa shape index (κ3) is 2.66. The first-order chi connectivity index (χ1) is 11.8. The third-order valence-corrected chi connectivity index (χ3v) is 5.11. The van der Waals surface area contributed by atoms with Crippen molar-refractivity contribution in [1.82, 2.24) is 0 Å². The summed E-state index contributed by atoms with van der Waals surface area (Å²) in [6, 6.07) is 16.3. The van der Waals surface area contributed by atoms with E-state index in [0.717, 1.165) is 22.6 Å². The van der Waals surface area contributed by atoms with Crippen LogP contribution in [0.25, 0.3) is 0 Å². The van der Waals surface area contributed by atoms with E-state index in [4.69, 9.17) is 18.9 Å². The zero-order chi connectivity index (χ0) is 16.5. The predicted molar refractivity (Wildman–Crippen MR) is 90.4 cm³/mol. The van der Waals surface area contributed by atoms with E-state index in [9.17, 15) is 0 Å². The van der Waals surface area contributed by atoms with Crippen LogP contribution in [0, 0.1) is 11.8 Å². The van der Waals surface area contributed by atoms with Gasteiger partial charge >= 0.3 is 0 Å². The Labute approximate surface area is 142 Å². The van der Waals surface area contributed by atoms with Crippen molar-refractivity contribution in [2.45, 2.75) is 12.2 Å². The van der Waals surface area contributed by atoms with Crippen molar-refractivity contribution in [2.24, 2.45) is 11.8 Å². The van der Waals surface area contributed by atoms with Crippen LogP contribution in [0.15, 0.2) is 48.5 Å². The van der Waals surface area contributed by atoms with E-state index in [1.807, 2.05) is 24.3 Å². The molecule has 4 atom stereocenters. The number of rotatable bonds is 4. The van der Waals surface area contributed by atoms with Crippen LogP contribution in [0.2, 0.25) is 0 Å². The summed E-state index contributed by atoms with van der Waals surface area (Å²) in [5, 5.41) is 0. The number of benzene rings is 2. The molecule has 0 aliphatic carbocycles. The van der Waals surface area contributed by atoms with Crippen LogP contribution in [0.3, 0.4) is 0 Å². The Kier molecular flexibility index (Phi) is 4.17. The van der Waals surface area contributed by atoms with Gasteiger partial charge in [0.2, 0.25) is 0 Å². The maximum Gasteiger partial charge on any atom is 0.119 e. The second-order valence-electron chi connectivity index (χ2n) is 6.39. The Balaban J connectivity index is 1.56. The van der Waals surface area contributed by atoms with Gasteiger partial charge in [0.1, 0.15) is 11.5 Å². The highest BCUT2D eigenvalue weighted by Gasteiger charge is 2.48. The number of methoxy groups -OCH3 is 2. The summed E-state index contributed by atoms with van der Waals surface area (Å²) in [5.74, 6) is 2.47. The van der Waals surface area contributed by atoms with Crippen molar-refractivity contribution in [3.05, 3.63) is 59.7 Å². The summed E-state index contributed by atoms with van der Waals surface area (Å²) in [5.41, 5.74) is 2.33. The maximum atomic E-state index is 6.15. The fraction of sp³-hybridized carbons (Fsp3) is 0.400. The van der Waals surface area contributed by atoms with Crippen LogP contribution in [-0.4, -0.2) is 27.4 Å². The van der Waals surface area contributed by atoms with E-state index in [0.29, 0.717) is 25.0 Å². The second kappa shape index (κ2) is 6.46. The summed E-state index contributed by atoms with van der Waals surface area (Å²) in [7, 11) is 3.38. The molecule has 24 heavy (non-hydrogen) atoms. The van der Waals surface area contributed by atoms with Crippen molar-refractivity contribution in [1.29, 1.82) is 0 Å². The molecule has 4 unspecified atom stereocenters. The Morgan fingerprint density at radius 2 is 1.21 bits per heavy atom. The van der Waals surface area contributed by atoms with Crippen LogP contribution in [0.4, 0.5) is 0 Å². The number of fused-ring (bicyclic) bond motifs is 1. The SMILES string of the molecule is COc1cccc(C2OCC3C(c4cccc(OC)c4)OCC23)c1. The molecule has 0 saturated carbocycles. The highest BCUT2D eigenvalue weighted by atomic mass is 16.5. The van der Waals surface area contributed by atoms with Crippen LogP contribution >= 0.6 is 0 Å². The van der Waals surface area contributed by atoms with E-state index < -0.39 is 0 Å². The molecule has 0 spiro atoms. The number of ether oxygens (including phenoxy) is 4. The second-order valence-corrected chi connectivity index (χ2v) is 6.39. The average molecular weight is 326 g/mol. The molecule has 0 amide bonds. The lowest BCUT2D eigenvalue weighted by Gasteiger charge is -2.17. The van der Waals surface area contributed by atoms with Crippen LogP contribution < -0.4 is 9.47 Å². The Hall–Kier alpha value is -2.04. The highest BCUT2D eigenvalue weighted by molar-refractivity contribution is 5.33. The van der Waals surface area contributed by atoms with E-state index in [1.165, 1.54) is 0 Å². The van der Waals surface area contributed by atoms with Gasteiger partial charge in [-0.05, 0) is 35.4 Å². The normalized spacial score (nSPS) is 28.6. The van der Waals surface area contributed by atoms with Crippen molar-refractivity contribution in [3.63, 3.8) is 0 Å². The molecule has 2 heterocycles. The molecule has 0 radical (unpaired) electrons. The zero-order valence-electron chi connectivity index (χ0n) is 14.0. The molecular formula is C20H22O4. The minimum Gasteiger partial charge on any atom is -0.497 e. The first kappa shape index (κ1) is 15.5. The van der Waals surface area contributed by atoms with E-state index >= 15 is 0 Å². The van der Waals surface area contributed by atoms with E-state index in [1.54, 1.807) is 14.2 Å². The number of hydrogen-bond acceptors (Lipinski definition) is 4. The lowest BCUT2D eigenvalue weighted by Crippen LogP contribution is -2.14. The van der Waals surface area contributed by atoms with Gasteiger partial charge in [-0.3, -0.25) is 0 Å². The van der Waals surface area contributed by atoms with Crippen LogP contribution in [0.5, 0.6) is 11.5 Å². The van der Waals surface area contributed by atoms with Crippen LogP contribution in [0.1, 0.15) is 23.3 Å².